The summed E-state index contributed by atoms with van der Waals surface area (Å²) in [5, 5.41) is 11.4. The first-order valence-electron chi connectivity index (χ1n) is 4.83. The van der Waals surface area contributed by atoms with Crippen LogP contribution in [0.15, 0.2) is 28.0 Å². The second-order valence-electron chi connectivity index (χ2n) is 3.48. The Hall–Kier alpha value is 0.360. The number of hydrogen-bond donors (Lipinski definition) is 1. The SMILES string of the molecule is Cc1cccc(NC(=O)C(C#N)=C([S-])[S-])c1C.[Na+].[Na+]. The number of nitrogens with one attached hydrogen (secondary N) is 1. The van der Waals surface area contributed by atoms with Crippen molar-refractivity contribution in [3.63, 3.8) is 0 Å². The number of benzene rings is 1. The van der Waals surface area contributed by atoms with Crippen LogP contribution in [0.4, 0.5) is 5.69 Å². The molecule has 0 atom stereocenters. The summed E-state index contributed by atoms with van der Waals surface area (Å²) in [6, 6.07) is 7.25. The Labute approximate surface area is 168 Å². The normalized spacial score (nSPS) is 8.26. The van der Waals surface area contributed by atoms with E-state index in [2.05, 4.69) is 30.6 Å². The molecule has 1 rings (SSSR count). The Morgan fingerprint density at radius 3 is 2.32 bits per heavy atom. The van der Waals surface area contributed by atoms with Gasteiger partial charge in [-0.05, 0) is 31.0 Å². The molecule has 7 heteroatoms. The third kappa shape index (κ3) is 6.11. The number of hydrogen-bond acceptors (Lipinski definition) is 4. The molecule has 19 heavy (non-hydrogen) atoms. The summed E-state index contributed by atoms with van der Waals surface area (Å²) >= 11 is 9.32. The van der Waals surface area contributed by atoms with E-state index >= 15 is 0 Å². The van der Waals surface area contributed by atoms with Crippen LogP contribution in [0.2, 0.25) is 0 Å². The van der Waals surface area contributed by atoms with Crippen LogP contribution in [0.3, 0.4) is 0 Å². The Bertz CT molecular complexity index is 535. The van der Waals surface area contributed by atoms with Crippen molar-refractivity contribution in [3.05, 3.63) is 39.1 Å². The minimum Gasteiger partial charge on any atom is -0.806 e. The van der Waals surface area contributed by atoms with Crippen LogP contribution in [0.5, 0.6) is 0 Å². The first kappa shape index (κ1) is 21.7. The Balaban J connectivity index is 0. The van der Waals surface area contributed by atoms with E-state index in [1.807, 2.05) is 26.0 Å². The summed E-state index contributed by atoms with van der Waals surface area (Å²) in [7, 11) is 0. The van der Waals surface area contributed by atoms with E-state index in [0.717, 1.165) is 11.1 Å². The molecule has 0 unspecified atom stereocenters. The van der Waals surface area contributed by atoms with Gasteiger partial charge in [-0.1, -0.05) is 12.1 Å². The van der Waals surface area contributed by atoms with Crippen molar-refractivity contribution in [2.24, 2.45) is 0 Å². The van der Waals surface area contributed by atoms with E-state index in [1.165, 1.54) is 0 Å². The molecule has 1 aromatic rings. The molecule has 0 heterocycles. The number of carbonyl (C=O) groups excluding carboxylic acids is 1. The molecule has 0 aliphatic heterocycles. The maximum Gasteiger partial charge on any atom is 1.00 e. The Kier molecular flexibility index (Phi) is 11.6. The predicted octanol–water partition coefficient (Wildman–Crippen LogP) is -3.92. The van der Waals surface area contributed by atoms with Crippen LogP contribution < -0.4 is 64.4 Å². The number of nitriles is 1. The third-order valence-electron chi connectivity index (χ3n) is 2.40. The van der Waals surface area contributed by atoms with Gasteiger partial charge in [-0.2, -0.15) is 5.26 Å². The van der Waals surface area contributed by atoms with Gasteiger partial charge in [0.1, 0.15) is 6.07 Å². The van der Waals surface area contributed by atoms with Crippen molar-refractivity contribution >= 4 is 36.9 Å². The number of aryl methyl sites for hydroxylation is 1. The van der Waals surface area contributed by atoms with Crippen molar-refractivity contribution in [2.45, 2.75) is 13.8 Å². The first-order chi connectivity index (χ1) is 7.97. The van der Waals surface area contributed by atoms with Crippen molar-refractivity contribution < 1.29 is 63.9 Å². The van der Waals surface area contributed by atoms with E-state index in [-0.39, 0.29) is 68.9 Å². The second kappa shape index (κ2) is 10.1. The van der Waals surface area contributed by atoms with Gasteiger partial charge in [-0.3, -0.25) is 4.79 Å². The van der Waals surface area contributed by atoms with Gasteiger partial charge in [0.25, 0.3) is 5.91 Å². The van der Waals surface area contributed by atoms with E-state index in [1.54, 1.807) is 12.1 Å². The van der Waals surface area contributed by atoms with Crippen molar-refractivity contribution in [1.29, 1.82) is 5.26 Å². The zero-order valence-electron chi connectivity index (χ0n) is 11.4. The van der Waals surface area contributed by atoms with E-state index in [9.17, 15) is 4.79 Å². The predicted molar refractivity (Wildman–Crippen MR) is 71.9 cm³/mol. The monoisotopic (exact) mass is 308 g/mol. The molecular formula is C12H10N2Na2OS2. The van der Waals surface area contributed by atoms with Crippen LogP contribution in [0, 0.1) is 25.2 Å². The van der Waals surface area contributed by atoms with Gasteiger partial charge < -0.3 is 34.8 Å². The summed E-state index contributed by atoms with van der Waals surface area (Å²) in [5.41, 5.74) is 2.47. The Morgan fingerprint density at radius 2 is 1.84 bits per heavy atom. The number of nitrogens with zero attached hydrogens (tertiary/aromatic N) is 1. The average molecular weight is 308 g/mol. The standard InChI is InChI=1S/C12H12N2OS2.2Na/c1-7-4-3-5-10(8(7)2)14-11(15)9(6-13)12(16)17;;/h3-5,16-17H,1-2H3,(H,14,15);;/q;2*+1/p-2. The van der Waals surface area contributed by atoms with E-state index < -0.39 is 5.91 Å². The van der Waals surface area contributed by atoms with E-state index in [0.29, 0.717) is 5.69 Å². The van der Waals surface area contributed by atoms with Crippen LogP contribution in [0.1, 0.15) is 11.1 Å². The number of carbonyl (C=O) groups is 1. The van der Waals surface area contributed by atoms with Crippen LogP contribution in [0.25, 0.3) is 0 Å². The smallest absolute Gasteiger partial charge is 0.806 e. The van der Waals surface area contributed by atoms with Crippen molar-refractivity contribution in [2.75, 3.05) is 5.32 Å². The number of anilines is 1. The van der Waals surface area contributed by atoms with Gasteiger partial charge in [0.2, 0.25) is 0 Å². The molecule has 0 saturated heterocycles. The molecule has 1 amide bonds. The molecule has 88 valence electrons. The van der Waals surface area contributed by atoms with Crippen LogP contribution in [-0.4, -0.2) is 5.91 Å². The molecule has 0 spiro atoms. The average Bonchev–Trinajstić information content (AvgIpc) is 2.25. The van der Waals surface area contributed by atoms with Crippen LogP contribution >= 0.6 is 0 Å². The van der Waals surface area contributed by atoms with Gasteiger partial charge in [-0.25, -0.2) is 0 Å². The van der Waals surface area contributed by atoms with Gasteiger partial charge in [-0.15, -0.1) is 0 Å². The third-order valence-corrected chi connectivity index (χ3v) is 2.80. The van der Waals surface area contributed by atoms with Crippen LogP contribution in [-0.2, 0) is 30.1 Å². The topological polar surface area (TPSA) is 52.9 Å². The molecule has 1 N–H and O–H groups in total. The summed E-state index contributed by atoms with van der Waals surface area (Å²) in [6.07, 6.45) is 0. The maximum atomic E-state index is 11.7. The molecule has 0 saturated carbocycles. The molecule has 0 radical (unpaired) electrons. The molecule has 1 aromatic carbocycles. The summed E-state index contributed by atoms with van der Waals surface area (Å²) in [6.45, 7) is 3.83. The molecule has 0 bridgehead atoms. The molecular weight excluding hydrogens is 298 g/mol. The largest absolute Gasteiger partial charge is 1.00 e. The second-order valence-corrected chi connectivity index (χ2v) is 4.55. The van der Waals surface area contributed by atoms with Crippen molar-refractivity contribution in [3.8, 4) is 6.07 Å². The molecule has 0 aliphatic carbocycles. The number of rotatable bonds is 2. The Morgan fingerprint density at radius 1 is 1.26 bits per heavy atom. The minimum absolute atomic E-state index is 0. The van der Waals surface area contributed by atoms with Gasteiger partial charge >= 0.3 is 59.1 Å². The van der Waals surface area contributed by atoms with E-state index in [4.69, 9.17) is 5.26 Å². The minimum atomic E-state index is -0.554. The van der Waals surface area contributed by atoms with Gasteiger partial charge in [0, 0.05) is 5.69 Å². The van der Waals surface area contributed by atoms with Crippen molar-refractivity contribution in [1.82, 2.24) is 0 Å². The fourth-order valence-electron chi connectivity index (χ4n) is 1.26. The molecule has 0 aromatic heterocycles. The zero-order chi connectivity index (χ0) is 13.0. The zero-order valence-corrected chi connectivity index (χ0v) is 17.0. The molecule has 0 fully saturated rings. The summed E-state index contributed by atoms with van der Waals surface area (Å²) < 4.78 is -0.115. The first-order valence-corrected chi connectivity index (χ1v) is 5.65. The fraction of sp³-hybridized carbons (Fsp3) is 0.167. The quantitative estimate of drug-likeness (QED) is 0.262. The molecule has 0 aliphatic rings. The fourth-order valence-corrected chi connectivity index (χ4v) is 1.54. The molecule has 3 nitrogen and oxygen atoms in total. The number of amides is 1. The van der Waals surface area contributed by atoms with Gasteiger partial charge in [0.15, 0.2) is 0 Å². The van der Waals surface area contributed by atoms with Gasteiger partial charge in [0.05, 0.1) is 5.57 Å². The maximum absolute atomic E-state index is 11.7. The summed E-state index contributed by atoms with van der Waals surface area (Å²) in [5.74, 6) is -0.554. The summed E-state index contributed by atoms with van der Waals surface area (Å²) in [4.78, 5) is 11.7.